The van der Waals surface area contributed by atoms with Crippen LogP contribution in [0.25, 0.3) is 5.69 Å². The highest BCUT2D eigenvalue weighted by atomic mass is 19.1. The van der Waals surface area contributed by atoms with Crippen LogP contribution in [-0.2, 0) is 6.54 Å². The average Bonchev–Trinajstić information content (AvgIpc) is 2.55. The van der Waals surface area contributed by atoms with E-state index in [-0.39, 0.29) is 5.69 Å². The third-order valence-corrected chi connectivity index (χ3v) is 4.33. The molecule has 2 heterocycles. The van der Waals surface area contributed by atoms with Gasteiger partial charge in [-0.05, 0) is 25.5 Å². The Bertz CT molecular complexity index is 843. The number of para-hydroxylation sites is 1. The van der Waals surface area contributed by atoms with Crippen LogP contribution in [0.15, 0.2) is 33.9 Å². The number of anilines is 1. The minimum atomic E-state index is -0.650. The zero-order valence-corrected chi connectivity index (χ0v) is 13.1. The predicted octanol–water partition coefficient (Wildman–Crippen LogP) is 1.65. The molecule has 6 nitrogen and oxygen atoms in total. The van der Waals surface area contributed by atoms with Crippen molar-refractivity contribution in [1.82, 2.24) is 14.5 Å². The molecule has 1 aromatic heterocycles. The first-order chi connectivity index (χ1) is 11.0. The maximum Gasteiger partial charge on any atom is 0.334 e. The van der Waals surface area contributed by atoms with E-state index in [9.17, 15) is 14.0 Å². The van der Waals surface area contributed by atoms with Crippen molar-refractivity contribution in [1.29, 1.82) is 0 Å². The molecule has 7 heteroatoms. The van der Waals surface area contributed by atoms with Gasteiger partial charge < -0.3 is 5.32 Å². The van der Waals surface area contributed by atoms with E-state index < -0.39 is 17.1 Å². The van der Waals surface area contributed by atoms with Gasteiger partial charge in [0, 0.05) is 12.6 Å². The molecule has 122 valence electrons. The van der Waals surface area contributed by atoms with Crippen LogP contribution in [0.2, 0.25) is 0 Å². The van der Waals surface area contributed by atoms with Gasteiger partial charge in [0.2, 0.25) is 0 Å². The van der Waals surface area contributed by atoms with Gasteiger partial charge in [0.15, 0.2) is 0 Å². The zero-order chi connectivity index (χ0) is 16.6. The van der Waals surface area contributed by atoms with Gasteiger partial charge in [0.1, 0.15) is 11.6 Å². The van der Waals surface area contributed by atoms with Gasteiger partial charge in [-0.25, -0.2) is 13.8 Å². The van der Waals surface area contributed by atoms with Crippen LogP contribution >= 0.6 is 0 Å². The molecule has 0 spiro atoms. The molecule has 1 atom stereocenters. The van der Waals surface area contributed by atoms with Crippen molar-refractivity contribution in [3.8, 4) is 5.69 Å². The van der Waals surface area contributed by atoms with Crippen LogP contribution in [0.3, 0.4) is 0 Å². The second kappa shape index (κ2) is 6.00. The van der Waals surface area contributed by atoms with Crippen molar-refractivity contribution >= 4 is 5.82 Å². The van der Waals surface area contributed by atoms with Gasteiger partial charge in [-0.1, -0.05) is 19.1 Å². The summed E-state index contributed by atoms with van der Waals surface area (Å²) >= 11 is 0. The van der Waals surface area contributed by atoms with Crippen LogP contribution in [0.4, 0.5) is 10.2 Å². The molecule has 1 aliphatic rings. The molecule has 0 fully saturated rings. The van der Waals surface area contributed by atoms with Gasteiger partial charge in [0.05, 0.1) is 17.9 Å². The zero-order valence-electron chi connectivity index (χ0n) is 13.1. The molecule has 2 aromatic rings. The summed E-state index contributed by atoms with van der Waals surface area (Å²) in [5.41, 5.74) is -0.518. The molecule has 1 aliphatic heterocycles. The van der Waals surface area contributed by atoms with Crippen LogP contribution in [0, 0.1) is 5.82 Å². The number of hydrogen-bond acceptors (Lipinski definition) is 4. The number of nitrogens with one attached hydrogen (secondary N) is 2. The Balaban J connectivity index is 2.17. The second-order valence-corrected chi connectivity index (χ2v) is 5.71. The Morgan fingerprint density at radius 2 is 2.04 bits per heavy atom. The average molecular weight is 318 g/mol. The Labute approximate surface area is 132 Å². The number of halogens is 1. The summed E-state index contributed by atoms with van der Waals surface area (Å²) in [6, 6.07) is 6.30. The van der Waals surface area contributed by atoms with Crippen LogP contribution in [0.5, 0.6) is 0 Å². The normalized spacial score (nSPS) is 15.8. The number of benzene rings is 1. The topological polar surface area (TPSA) is 70.1 Å². The maximum absolute atomic E-state index is 14.1. The van der Waals surface area contributed by atoms with E-state index in [1.54, 1.807) is 12.1 Å². The van der Waals surface area contributed by atoms with Crippen LogP contribution < -0.4 is 16.6 Å². The summed E-state index contributed by atoms with van der Waals surface area (Å²) in [7, 11) is 0. The molecule has 0 saturated carbocycles. The summed E-state index contributed by atoms with van der Waals surface area (Å²) in [4.78, 5) is 28.8. The molecule has 0 aliphatic carbocycles. The molecule has 3 rings (SSSR count). The number of aromatic nitrogens is 2. The lowest BCUT2D eigenvalue weighted by Gasteiger charge is -2.34. The third-order valence-electron chi connectivity index (χ3n) is 4.33. The van der Waals surface area contributed by atoms with Crippen LogP contribution in [-0.4, -0.2) is 27.2 Å². The van der Waals surface area contributed by atoms with Crippen LogP contribution in [0.1, 0.15) is 25.8 Å². The minimum absolute atomic E-state index is 0.120. The second-order valence-electron chi connectivity index (χ2n) is 5.71. The predicted molar refractivity (Wildman–Crippen MR) is 86.4 cm³/mol. The lowest BCUT2D eigenvalue weighted by Crippen LogP contribution is -2.45. The molecule has 0 unspecified atom stereocenters. The highest BCUT2D eigenvalue weighted by molar-refractivity contribution is 5.52. The quantitative estimate of drug-likeness (QED) is 0.903. The van der Waals surface area contributed by atoms with Gasteiger partial charge in [0.25, 0.3) is 5.56 Å². The van der Waals surface area contributed by atoms with E-state index in [1.165, 1.54) is 16.7 Å². The van der Waals surface area contributed by atoms with Gasteiger partial charge >= 0.3 is 5.69 Å². The van der Waals surface area contributed by atoms with E-state index >= 15 is 0 Å². The van der Waals surface area contributed by atoms with E-state index in [0.29, 0.717) is 30.6 Å². The van der Waals surface area contributed by atoms with E-state index in [2.05, 4.69) is 29.0 Å². The number of aromatic amines is 1. The number of nitrogens with zero attached hydrogens (tertiary/aromatic N) is 2. The van der Waals surface area contributed by atoms with Gasteiger partial charge in [-0.2, -0.15) is 0 Å². The number of fused-ring (bicyclic) bond motifs is 1. The molecule has 23 heavy (non-hydrogen) atoms. The monoisotopic (exact) mass is 318 g/mol. The third kappa shape index (κ3) is 2.68. The molecular weight excluding hydrogens is 299 g/mol. The Hall–Kier alpha value is -2.41. The molecule has 1 aromatic carbocycles. The molecule has 0 amide bonds. The highest BCUT2D eigenvalue weighted by Gasteiger charge is 2.26. The van der Waals surface area contributed by atoms with E-state index in [0.717, 1.165) is 6.42 Å². The first-order valence-electron chi connectivity index (χ1n) is 7.64. The molecule has 0 saturated heterocycles. The summed E-state index contributed by atoms with van der Waals surface area (Å²) < 4.78 is 15.3. The minimum Gasteiger partial charge on any atom is -0.358 e. The Morgan fingerprint density at radius 1 is 1.30 bits per heavy atom. The Kier molecular flexibility index (Phi) is 4.04. The van der Waals surface area contributed by atoms with Crippen molar-refractivity contribution < 1.29 is 4.39 Å². The fourth-order valence-electron chi connectivity index (χ4n) is 2.77. The smallest absolute Gasteiger partial charge is 0.334 e. The first kappa shape index (κ1) is 15.5. The Morgan fingerprint density at radius 3 is 2.74 bits per heavy atom. The number of rotatable bonds is 3. The first-order valence-corrected chi connectivity index (χ1v) is 7.64. The fourth-order valence-corrected chi connectivity index (χ4v) is 2.77. The maximum atomic E-state index is 14.1. The molecular formula is C16H19FN4O2. The van der Waals surface area contributed by atoms with Gasteiger partial charge in [-0.15, -0.1) is 0 Å². The van der Waals surface area contributed by atoms with E-state index in [4.69, 9.17) is 0 Å². The largest absolute Gasteiger partial charge is 0.358 e. The summed E-state index contributed by atoms with van der Waals surface area (Å²) in [5.74, 6) is -0.154. The number of hydrogen-bond donors (Lipinski definition) is 2. The van der Waals surface area contributed by atoms with Crippen molar-refractivity contribution in [3.05, 3.63) is 56.5 Å². The standard InChI is InChI=1S/C16H19FN4O2/c1-3-10(2)20-8-11-14(18-9-20)21(16(23)19-15(11)22)13-7-5-4-6-12(13)17/h4-7,10,18H,3,8-9H2,1-2H3,(H,19,22,23)/t10-/m0/s1. The van der Waals surface area contributed by atoms with Crippen molar-refractivity contribution in [2.24, 2.45) is 0 Å². The molecule has 2 N–H and O–H groups in total. The molecule has 0 bridgehead atoms. The highest BCUT2D eigenvalue weighted by Crippen LogP contribution is 2.23. The van der Waals surface area contributed by atoms with Gasteiger partial charge in [-0.3, -0.25) is 14.7 Å². The molecule has 0 radical (unpaired) electrons. The van der Waals surface area contributed by atoms with E-state index in [1.807, 2.05) is 0 Å². The summed E-state index contributed by atoms with van der Waals surface area (Å²) in [6.45, 7) is 5.07. The van der Waals surface area contributed by atoms with Crippen molar-refractivity contribution in [2.75, 3.05) is 12.0 Å². The lowest BCUT2D eigenvalue weighted by atomic mass is 10.1. The SMILES string of the molecule is CC[C@H](C)N1CNc2c(c(=O)[nH]c(=O)n2-c2ccccc2F)C1. The lowest BCUT2D eigenvalue weighted by molar-refractivity contribution is 0.200. The summed E-state index contributed by atoms with van der Waals surface area (Å²) in [5, 5.41) is 3.11. The number of H-pyrrole nitrogens is 1. The summed E-state index contributed by atoms with van der Waals surface area (Å²) in [6.07, 6.45) is 0.946. The van der Waals surface area contributed by atoms with Crippen molar-refractivity contribution in [3.63, 3.8) is 0 Å². The fraction of sp³-hybridized carbons (Fsp3) is 0.375. The van der Waals surface area contributed by atoms with Crippen molar-refractivity contribution in [2.45, 2.75) is 32.9 Å².